The molecule has 0 bridgehead atoms. The summed E-state index contributed by atoms with van der Waals surface area (Å²) in [6, 6.07) is 8.85. The Morgan fingerprint density at radius 2 is 2.00 bits per heavy atom. The summed E-state index contributed by atoms with van der Waals surface area (Å²) in [6.45, 7) is 7.08. The zero-order chi connectivity index (χ0) is 11.5. The molecule has 0 radical (unpaired) electrons. The van der Waals surface area contributed by atoms with Gasteiger partial charge in [0.2, 0.25) is 0 Å². The quantitative estimate of drug-likeness (QED) is 0.718. The van der Waals surface area contributed by atoms with E-state index in [1.54, 1.807) is 0 Å². The lowest BCUT2D eigenvalue weighted by Gasteiger charge is -2.05. The van der Waals surface area contributed by atoms with Crippen LogP contribution in [0.2, 0.25) is 0 Å². The number of fused-ring (bicyclic) bond motifs is 1. The molecule has 0 aliphatic heterocycles. The Kier molecular flexibility index (Phi) is 3.09. The first-order valence-electron chi connectivity index (χ1n) is 5.78. The third-order valence-corrected chi connectivity index (χ3v) is 2.68. The van der Waals surface area contributed by atoms with Crippen LogP contribution in [0.3, 0.4) is 0 Å². The average molecular weight is 216 g/mol. The first-order chi connectivity index (χ1) is 7.70. The Morgan fingerprint density at radius 3 is 2.69 bits per heavy atom. The lowest BCUT2D eigenvalue weighted by Crippen LogP contribution is -2.34. The molecule has 0 saturated carbocycles. The molecule has 2 nitrogen and oxygen atoms in total. The molecule has 0 unspecified atom stereocenters. The Balaban J connectivity index is 2.44. The summed E-state index contributed by atoms with van der Waals surface area (Å²) in [7, 11) is 0. The number of ether oxygens (including phenoxy) is 1. The fourth-order valence-corrected chi connectivity index (χ4v) is 1.76. The monoisotopic (exact) mass is 216 g/mol. The van der Waals surface area contributed by atoms with Crippen molar-refractivity contribution >= 4 is 10.8 Å². The summed E-state index contributed by atoms with van der Waals surface area (Å²) in [5.41, 5.74) is 0. The van der Waals surface area contributed by atoms with Crippen LogP contribution in [0.25, 0.3) is 10.8 Å². The van der Waals surface area contributed by atoms with E-state index in [-0.39, 0.29) is 0 Å². The van der Waals surface area contributed by atoms with Gasteiger partial charge < -0.3 is 4.74 Å². The van der Waals surface area contributed by atoms with Crippen LogP contribution in [-0.2, 0) is 0 Å². The van der Waals surface area contributed by atoms with Crippen LogP contribution in [0.5, 0.6) is 5.75 Å². The minimum absolute atomic E-state index is 0.496. The van der Waals surface area contributed by atoms with Crippen LogP contribution in [-0.4, -0.2) is 6.61 Å². The van der Waals surface area contributed by atoms with Crippen molar-refractivity contribution in [1.29, 1.82) is 0 Å². The minimum atomic E-state index is 0.496. The molecule has 0 amide bonds. The number of pyridine rings is 1. The molecular weight excluding hydrogens is 198 g/mol. The highest BCUT2D eigenvalue weighted by Crippen LogP contribution is 2.19. The lowest BCUT2D eigenvalue weighted by atomic mass is 10.1. The zero-order valence-electron chi connectivity index (χ0n) is 10.1. The van der Waals surface area contributed by atoms with Gasteiger partial charge in [-0.1, -0.05) is 0 Å². The van der Waals surface area contributed by atoms with Gasteiger partial charge in [-0.25, -0.2) is 4.57 Å². The molecule has 2 aromatic rings. The second-order valence-corrected chi connectivity index (χ2v) is 4.21. The summed E-state index contributed by atoms with van der Waals surface area (Å²) >= 11 is 0. The van der Waals surface area contributed by atoms with Crippen molar-refractivity contribution in [3.63, 3.8) is 0 Å². The molecule has 2 rings (SSSR count). The smallest absolute Gasteiger partial charge is 0.176 e. The van der Waals surface area contributed by atoms with E-state index in [4.69, 9.17) is 4.74 Å². The predicted octanol–water partition coefficient (Wildman–Crippen LogP) is 3.11. The van der Waals surface area contributed by atoms with Crippen LogP contribution in [0, 0.1) is 0 Å². The number of benzene rings is 1. The van der Waals surface area contributed by atoms with E-state index in [1.165, 1.54) is 10.8 Å². The highest BCUT2D eigenvalue weighted by Gasteiger charge is 2.07. The topological polar surface area (TPSA) is 13.1 Å². The van der Waals surface area contributed by atoms with Gasteiger partial charge in [0.05, 0.1) is 6.61 Å². The van der Waals surface area contributed by atoms with E-state index in [9.17, 15) is 0 Å². The highest BCUT2D eigenvalue weighted by molar-refractivity contribution is 5.82. The molecular formula is C14H18NO+. The third kappa shape index (κ3) is 2.16. The Labute approximate surface area is 96.5 Å². The fourth-order valence-electron chi connectivity index (χ4n) is 1.76. The molecule has 0 spiro atoms. The predicted molar refractivity (Wildman–Crippen MR) is 65.7 cm³/mol. The molecule has 1 heterocycles. The molecule has 2 heteroatoms. The summed E-state index contributed by atoms with van der Waals surface area (Å²) in [5.74, 6) is 0.942. The Morgan fingerprint density at radius 1 is 1.19 bits per heavy atom. The Hall–Kier alpha value is -1.57. The van der Waals surface area contributed by atoms with Crippen LogP contribution in [0.1, 0.15) is 26.8 Å². The maximum absolute atomic E-state index is 5.48. The number of rotatable bonds is 3. The molecule has 1 aromatic heterocycles. The molecule has 0 aliphatic rings. The summed E-state index contributed by atoms with van der Waals surface area (Å²) in [4.78, 5) is 0. The second kappa shape index (κ2) is 4.52. The normalized spacial score (nSPS) is 11.0. The molecule has 16 heavy (non-hydrogen) atoms. The highest BCUT2D eigenvalue weighted by atomic mass is 16.5. The van der Waals surface area contributed by atoms with Gasteiger partial charge in [0.15, 0.2) is 18.4 Å². The minimum Gasteiger partial charge on any atom is -0.494 e. The number of hydrogen-bond donors (Lipinski definition) is 0. The van der Waals surface area contributed by atoms with Crippen LogP contribution in [0.15, 0.2) is 36.7 Å². The maximum atomic E-state index is 5.48. The Bertz CT molecular complexity index is 491. The third-order valence-electron chi connectivity index (χ3n) is 2.68. The van der Waals surface area contributed by atoms with E-state index in [0.29, 0.717) is 12.6 Å². The molecule has 0 N–H and O–H groups in total. The van der Waals surface area contributed by atoms with Gasteiger partial charge in [-0.2, -0.15) is 0 Å². The van der Waals surface area contributed by atoms with Crippen molar-refractivity contribution in [1.82, 2.24) is 0 Å². The van der Waals surface area contributed by atoms with Crippen molar-refractivity contribution < 1.29 is 9.30 Å². The van der Waals surface area contributed by atoms with E-state index in [0.717, 1.165) is 5.75 Å². The van der Waals surface area contributed by atoms with Crippen molar-refractivity contribution in [2.75, 3.05) is 6.61 Å². The van der Waals surface area contributed by atoms with E-state index < -0.39 is 0 Å². The molecule has 0 aliphatic carbocycles. The largest absolute Gasteiger partial charge is 0.494 e. The first kappa shape index (κ1) is 10.9. The van der Waals surface area contributed by atoms with Gasteiger partial charge in [0.1, 0.15) is 5.75 Å². The molecule has 84 valence electrons. The lowest BCUT2D eigenvalue weighted by molar-refractivity contribution is -0.715. The SMILES string of the molecule is CCOc1ccc2c[n+](C(C)C)ccc2c1. The summed E-state index contributed by atoms with van der Waals surface area (Å²) in [6.07, 6.45) is 4.29. The number of nitrogens with zero attached hydrogens (tertiary/aromatic N) is 1. The van der Waals surface area contributed by atoms with Gasteiger partial charge in [-0.15, -0.1) is 0 Å². The summed E-state index contributed by atoms with van der Waals surface area (Å²) in [5, 5.41) is 2.47. The average Bonchev–Trinajstić information content (AvgIpc) is 2.28. The second-order valence-electron chi connectivity index (χ2n) is 4.21. The van der Waals surface area contributed by atoms with Crippen molar-refractivity contribution in [2.24, 2.45) is 0 Å². The van der Waals surface area contributed by atoms with Crippen LogP contribution >= 0.6 is 0 Å². The molecule has 1 aromatic carbocycles. The van der Waals surface area contributed by atoms with E-state index in [2.05, 4.69) is 49.0 Å². The van der Waals surface area contributed by atoms with Gasteiger partial charge in [0.25, 0.3) is 0 Å². The zero-order valence-corrected chi connectivity index (χ0v) is 10.1. The summed E-state index contributed by atoms with van der Waals surface area (Å²) < 4.78 is 7.70. The van der Waals surface area contributed by atoms with Crippen LogP contribution in [0.4, 0.5) is 0 Å². The molecule has 0 saturated heterocycles. The van der Waals surface area contributed by atoms with Gasteiger partial charge >= 0.3 is 0 Å². The van der Waals surface area contributed by atoms with Crippen molar-refractivity contribution in [3.05, 3.63) is 36.7 Å². The van der Waals surface area contributed by atoms with Gasteiger partial charge in [-0.05, 0) is 44.4 Å². The number of hydrogen-bond acceptors (Lipinski definition) is 1. The molecule has 0 fully saturated rings. The standard InChI is InChI=1S/C14H18NO/c1-4-16-14-6-5-13-10-15(11(2)3)8-7-12(13)9-14/h5-11H,4H2,1-3H3/q+1. The van der Waals surface area contributed by atoms with Gasteiger partial charge in [0, 0.05) is 11.5 Å². The van der Waals surface area contributed by atoms with Gasteiger partial charge in [-0.3, -0.25) is 0 Å². The van der Waals surface area contributed by atoms with E-state index in [1.807, 2.05) is 13.0 Å². The fraction of sp³-hybridized carbons (Fsp3) is 0.357. The molecule has 0 atom stereocenters. The van der Waals surface area contributed by atoms with E-state index >= 15 is 0 Å². The maximum Gasteiger partial charge on any atom is 0.176 e. The van der Waals surface area contributed by atoms with Crippen LogP contribution < -0.4 is 9.30 Å². The van der Waals surface area contributed by atoms with Crippen molar-refractivity contribution in [3.8, 4) is 5.75 Å². The van der Waals surface area contributed by atoms with Crippen molar-refractivity contribution in [2.45, 2.75) is 26.8 Å². The number of aromatic nitrogens is 1. The first-order valence-corrected chi connectivity index (χ1v) is 5.78.